The second kappa shape index (κ2) is 7.77. The molecule has 3 aromatic rings. The van der Waals surface area contributed by atoms with Crippen LogP contribution >= 0.6 is 0 Å². The smallest absolute Gasteiger partial charge is 0.404 e. The Kier molecular flexibility index (Phi) is 5.41. The lowest BCUT2D eigenvalue weighted by Gasteiger charge is -2.09. The molecule has 0 aliphatic rings. The molecule has 2 heterocycles. The topological polar surface area (TPSA) is 114 Å². The Bertz CT molecular complexity index is 1130. The van der Waals surface area contributed by atoms with E-state index in [1.54, 1.807) is 19.1 Å². The predicted molar refractivity (Wildman–Crippen MR) is 97.7 cm³/mol. The zero-order valence-corrected chi connectivity index (χ0v) is 15.6. The molecule has 0 radical (unpaired) electrons. The van der Waals surface area contributed by atoms with Crippen molar-refractivity contribution >= 4 is 15.9 Å². The largest absolute Gasteiger partial charge is 0.465 e. The highest BCUT2D eigenvalue weighted by Crippen LogP contribution is 2.26. The minimum atomic E-state index is -4.01. The van der Waals surface area contributed by atoms with Crippen LogP contribution in [0.25, 0.3) is 5.69 Å². The quantitative estimate of drug-likeness (QED) is 0.610. The first kappa shape index (κ1) is 19.5. The van der Waals surface area contributed by atoms with Gasteiger partial charge in [0.2, 0.25) is 15.8 Å². The van der Waals surface area contributed by atoms with Crippen molar-refractivity contribution in [3.8, 4) is 5.69 Å². The monoisotopic (exact) mass is 404 g/mol. The molecule has 3 rings (SSSR count). The molecular formula is C18H17FN4O4S. The summed E-state index contributed by atoms with van der Waals surface area (Å²) in [7, 11) is -4.01. The molecule has 0 aliphatic carbocycles. The molecule has 0 saturated carbocycles. The molecule has 8 nitrogen and oxygen atoms in total. The summed E-state index contributed by atoms with van der Waals surface area (Å²) in [6.07, 6.45) is 0.178. The second-order valence-electron chi connectivity index (χ2n) is 6.00. The Balaban J connectivity index is 2.11. The molecule has 28 heavy (non-hydrogen) atoms. The zero-order valence-electron chi connectivity index (χ0n) is 14.8. The van der Waals surface area contributed by atoms with Crippen molar-refractivity contribution in [3.05, 3.63) is 65.9 Å². The first-order valence-corrected chi connectivity index (χ1v) is 9.76. The highest BCUT2D eigenvalue weighted by molar-refractivity contribution is 7.91. The van der Waals surface area contributed by atoms with E-state index >= 15 is 0 Å². The number of sulfone groups is 1. The number of nitrogens with zero attached hydrogens (tertiary/aromatic N) is 3. The van der Waals surface area contributed by atoms with E-state index in [0.717, 1.165) is 10.2 Å². The molecule has 2 N–H and O–H groups in total. The van der Waals surface area contributed by atoms with E-state index in [1.807, 2.05) is 0 Å². The van der Waals surface area contributed by atoms with Crippen molar-refractivity contribution < 1.29 is 22.7 Å². The first-order valence-electron chi connectivity index (χ1n) is 8.27. The van der Waals surface area contributed by atoms with Crippen LogP contribution in [0.3, 0.4) is 0 Å². The SMILES string of the molecule is Cc1cccc(S(=O)(=O)c2cc(CCNC(=O)O)nn2-c2cccnc2F)c1. The molecular weight excluding hydrogens is 387 g/mol. The summed E-state index contributed by atoms with van der Waals surface area (Å²) in [5, 5.41) is 14.8. The summed E-state index contributed by atoms with van der Waals surface area (Å²) < 4.78 is 41.5. The van der Waals surface area contributed by atoms with Crippen molar-refractivity contribution in [1.29, 1.82) is 0 Å². The maximum absolute atomic E-state index is 14.2. The summed E-state index contributed by atoms with van der Waals surface area (Å²) in [5.41, 5.74) is 0.931. The van der Waals surface area contributed by atoms with Gasteiger partial charge in [-0.1, -0.05) is 12.1 Å². The van der Waals surface area contributed by atoms with Gasteiger partial charge in [-0.15, -0.1) is 0 Å². The molecule has 0 unspecified atom stereocenters. The van der Waals surface area contributed by atoms with Gasteiger partial charge in [0.1, 0.15) is 5.69 Å². The number of amides is 1. The van der Waals surface area contributed by atoms with Gasteiger partial charge in [-0.2, -0.15) is 9.49 Å². The van der Waals surface area contributed by atoms with Crippen molar-refractivity contribution in [1.82, 2.24) is 20.1 Å². The van der Waals surface area contributed by atoms with Gasteiger partial charge >= 0.3 is 6.09 Å². The maximum Gasteiger partial charge on any atom is 0.404 e. The number of carboxylic acid groups (broad SMARTS) is 1. The Labute approximate surface area is 160 Å². The highest BCUT2D eigenvalue weighted by Gasteiger charge is 2.26. The van der Waals surface area contributed by atoms with Crippen molar-refractivity contribution in [2.45, 2.75) is 23.3 Å². The Hall–Kier alpha value is -3.27. The van der Waals surface area contributed by atoms with Gasteiger partial charge in [-0.3, -0.25) is 0 Å². The van der Waals surface area contributed by atoms with Crippen LogP contribution in [0, 0.1) is 12.9 Å². The summed E-state index contributed by atoms with van der Waals surface area (Å²) in [6, 6.07) is 10.5. The van der Waals surface area contributed by atoms with Gasteiger partial charge in [0.05, 0.1) is 10.6 Å². The molecule has 1 aromatic carbocycles. The third-order valence-electron chi connectivity index (χ3n) is 3.93. The molecule has 0 bridgehead atoms. The van der Waals surface area contributed by atoms with Gasteiger partial charge in [0.15, 0.2) is 5.03 Å². The third-order valence-corrected chi connectivity index (χ3v) is 5.64. The minimum absolute atomic E-state index is 0.0335. The van der Waals surface area contributed by atoms with Gasteiger partial charge in [-0.25, -0.2) is 22.9 Å². The fourth-order valence-electron chi connectivity index (χ4n) is 2.63. The number of pyridine rings is 1. The van der Waals surface area contributed by atoms with Crippen LogP contribution in [0.2, 0.25) is 0 Å². The van der Waals surface area contributed by atoms with E-state index < -0.39 is 21.9 Å². The number of hydrogen-bond donors (Lipinski definition) is 2. The minimum Gasteiger partial charge on any atom is -0.465 e. The Morgan fingerprint density at radius 2 is 2.04 bits per heavy atom. The number of carbonyl (C=O) groups is 1. The van der Waals surface area contributed by atoms with Crippen molar-refractivity contribution in [2.75, 3.05) is 6.54 Å². The van der Waals surface area contributed by atoms with Crippen molar-refractivity contribution in [2.24, 2.45) is 0 Å². The van der Waals surface area contributed by atoms with Crippen LogP contribution in [0.1, 0.15) is 11.3 Å². The molecule has 1 amide bonds. The molecule has 10 heteroatoms. The van der Waals surface area contributed by atoms with Gasteiger partial charge in [-0.05, 0) is 42.8 Å². The van der Waals surface area contributed by atoms with Crippen molar-refractivity contribution in [3.63, 3.8) is 0 Å². The Morgan fingerprint density at radius 1 is 1.25 bits per heavy atom. The third kappa shape index (κ3) is 4.01. The predicted octanol–water partition coefficient (Wildman–Crippen LogP) is 2.36. The van der Waals surface area contributed by atoms with E-state index in [0.29, 0.717) is 5.69 Å². The van der Waals surface area contributed by atoms with Gasteiger partial charge in [0.25, 0.3) is 0 Å². The second-order valence-corrected chi connectivity index (χ2v) is 7.90. The number of benzene rings is 1. The standard InChI is InChI=1S/C18H17FN4O4S/c1-12-4-2-5-14(10-12)28(26,27)16-11-13(7-9-21-18(24)25)22-23(16)15-6-3-8-20-17(15)19/h2-6,8,10-11,21H,7,9H2,1H3,(H,24,25). The van der Waals surface area contributed by atoms with E-state index in [9.17, 15) is 17.6 Å². The lowest BCUT2D eigenvalue weighted by atomic mass is 10.2. The molecule has 146 valence electrons. The fourth-order valence-corrected chi connectivity index (χ4v) is 4.13. The first-order chi connectivity index (χ1) is 13.3. The fraction of sp³-hybridized carbons (Fsp3) is 0.167. The summed E-state index contributed by atoms with van der Waals surface area (Å²) in [4.78, 5) is 14.2. The molecule has 2 aromatic heterocycles. The number of aryl methyl sites for hydroxylation is 1. The summed E-state index contributed by atoms with van der Waals surface area (Å²) in [6.45, 7) is 1.80. The Morgan fingerprint density at radius 3 is 2.71 bits per heavy atom. The van der Waals surface area contributed by atoms with Crippen LogP contribution in [0.5, 0.6) is 0 Å². The van der Waals surface area contributed by atoms with Crippen LogP contribution < -0.4 is 5.32 Å². The van der Waals surface area contributed by atoms with Crippen LogP contribution in [0.4, 0.5) is 9.18 Å². The molecule has 0 saturated heterocycles. The number of nitrogens with one attached hydrogen (secondary N) is 1. The van der Waals surface area contributed by atoms with Crippen LogP contribution in [0.15, 0.2) is 58.6 Å². The average molecular weight is 404 g/mol. The number of halogens is 1. The lowest BCUT2D eigenvalue weighted by molar-refractivity contribution is 0.194. The summed E-state index contributed by atoms with van der Waals surface area (Å²) >= 11 is 0. The molecule has 0 spiro atoms. The highest BCUT2D eigenvalue weighted by atomic mass is 32.2. The molecule has 0 fully saturated rings. The van der Waals surface area contributed by atoms with Gasteiger partial charge in [0, 0.05) is 19.2 Å². The van der Waals surface area contributed by atoms with E-state index in [-0.39, 0.29) is 28.6 Å². The van der Waals surface area contributed by atoms with E-state index in [2.05, 4.69) is 15.4 Å². The molecule has 0 aliphatic heterocycles. The van der Waals surface area contributed by atoms with E-state index in [1.165, 1.54) is 36.5 Å². The normalized spacial score (nSPS) is 11.4. The number of hydrogen-bond acceptors (Lipinski definition) is 5. The maximum atomic E-state index is 14.2. The van der Waals surface area contributed by atoms with Gasteiger partial charge < -0.3 is 10.4 Å². The van der Waals surface area contributed by atoms with E-state index in [4.69, 9.17) is 5.11 Å². The summed E-state index contributed by atoms with van der Waals surface area (Å²) in [5.74, 6) is -0.874. The van der Waals surface area contributed by atoms with Crippen LogP contribution in [-0.2, 0) is 16.3 Å². The average Bonchev–Trinajstić information content (AvgIpc) is 3.06. The molecule has 0 atom stereocenters. The number of rotatable bonds is 6. The lowest BCUT2D eigenvalue weighted by Crippen LogP contribution is -2.23. The number of aromatic nitrogens is 3. The van der Waals surface area contributed by atoms with Crippen LogP contribution in [-0.4, -0.2) is 40.9 Å². The zero-order chi connectivity index (χ0) is 20.3.